The van der Waals surface area contributed by atoms with Crippen LogP contribution in [0.1, 0.15) is 36.6 Å². The Morgan fingerprint density at radius 2 is 1.94 bits per heavy atom. The summed E-state index contributed by atoms with van der Waals surface area (Å²) in [7, 11) is 1.99. The van der Waals surface area contributed by atoms with Crippen LogP contribution in [0.15, 0.2) is 6.07 Å². The van der Waals surface area contributed by atoms with Crippen molar-refractivity contribution in [1.29, 1.82) is 0 Å². The van der Waals surface area contributed by atoms with Crippen molar-refractivity contribution in [1.82, 2.24) is 19.6 Å². The van der Waals surface area contributed by atoms with Crippen molar-refractivity contribution in [2.24, 2.45) is 7.05 Å². The van der Waals surface area contributed by atoms with Crippen LogP contribution >= 0.6 is 22.6 Å². The summed E-state index contributed by atoms with van der Waals surface area (Å²) >= 11 is 2.41. The molecule has 2 aromatic heterocycles. The molecule has 0 N–H and O–H groups in total. The molecule has 0 amide bonds. The zero-order valence-electron chi connectivity index (χ0n) is 11.4. The Morgan fingerprint density at radius 3 is 2.44 bits per heavy atom. The number of rotatable bonds is 4. The fourth-order valence-electron chi connectivity index (χ4n) is 2.19. The first kappa shape index (κ1) is 13.6. The summed E-state index contributed by atoms with van der Waals surface area (Å²) in [5.74, 6) is 0. The van der Waals surface area contributed by atoms with E-state index >= 15 is 0 Å². The lowest BCUT2D eigenvalue weighted by Crippen LogP contribution is -2.10. The number of hydrogen-bond acceptors (Lipinski definition) is 2. The van der Waals surface area contributed by atoms with Gasteiger partial charge in [0.05, 0.1) is 32.9 Å². The highest BCUT2D eigenvalue weighted by Crippen LogP contribution is 2.19. The Balaban J connectivity index is 2.37. The highest BCUT2D eigenvalue weighted by molar-refractivity contribution is 14.1. The van der Waals surface area contributed by atoms with Crippen LogP contribution in [0.5, 0.6) is 0 Å². The van der Waals surface area contributed by atoms with Gasteiger partial charge in [0.25, 0.3) is 0 Å². The second-order valence-corrected chi connectivity index (χ2v) is 5.55. The molecule has 2 rings (SSSR count). The van der Waals surface area contributed by atoms with E-state index in [0.29, 0.717) is 0 Å². The van der Waals surface area contributed by atoms with E-state index in [1.165, 1.54) is 20.7 Å². The van der Waals surface area contributed by atoms with Gasteiger partial charge in [-0.15, -0.1) is 0 Å². The van der Waals surface area contributed by atoms with E-state index in [9.17, 15) is 0 Å². The topological polar surface area (TPSA) is 35.6 Å². The van der Waals surface area contributed by atoms with Gasteiger partial charge in [0.15, 0.2) is 0 Å². The van der Waals surface area contributed by atoms with Crippen LogP contribution < -0.4 is 0 Å². The van der Waals surface area contributed by atoms with Crippen LogP contribution in [0, 0.1) is 10.5 Å². The summed E-state index contributed by atoms with van der Waals surface area (Å²) in [5, 5.41) is 9.10. The van der Waals surface area contributed by atoms with Crippen LogP contribution in [-0.2, 0) is 26.4 Å². The lowest BCUT2D eigenvalue weighted by molar-refractivity contribution is 0.592. The predicted octanol–water partition coefficient (Wildman–Crippen LogP) is 2.70. The second kappa shape index (κ2) is 5.42. The highest BCUT2D eigenvalue weighted by Gasteiger charge is 2.14. The average molecular weight is 358 g/mol. The largest absolute Gasteiger partial charge is 0.270 e. The minimum Gasteiger partial charge on any atom is -0.270 e. The summed E-state index contributed by atoms with van der Waals surface area (Å²) in [6.45, 7) is 7.16. The fraction of sp³-hybridized carbons (Fsp3) is 0.538. The molecule has 18 heavy (non-hydrogen) atoms. The van der Waals surface area contributed by atoms with E-state index in [1.807, 2.05) is 18.7 Å². The van der Waals surface area contributed by atoms with Crippen LogP contribution in [0.25, 0.3) is 0 Å². The van der Waals surface area contributed by atoms with Gasteiger partial charge < -0.3 is 0 Å². The number of aromatic nitrogens is 4. The average Bonchev–Trinajstić information content (AvgIpc) is 2.80. The van der Waals surface area contributed by atoms with Crippen LogP contribution in [-0.4, -0.2) is 19.6 Å². The van der Waals surface area contributed by atoms with E-state index in [0.717, 1.165) is 25.1 Å². The first-order valence-electron chi connectivity index (χ1n) is 6.30. The number of aryl methyl sites for hydroxylation is 3. The molecule has 0 saturated carbocycles. The molecule has 98 valence electrons. The van der Waals surface area contributed by atoms with Gasteiger partial charge in [-0.05, 0) is 48.4 Å². The first-order valence-corrected chi connectivity index (χ1v) is 7.38. The summed E-state index contributed by atoms with van der Waals surface area (Å²) in [4.78, 5) is 0. The van der Waals surface area contributed by atoms with Crippen molar-refractivity contribution >= 4 is 22.6 Å². The van der Waals surface area contributed by atoms with E-state index in [4.69, 9.17) is 5.10 Å². The van der Waals surface area contributed by atoms with Gasteiger partial charge in [-0.25, -0.2) is 0 Å². The van der Waals surface area contributed by atoms with Crippen molar-refractivity contribution in [2.45, 2.75) is 40.2 Å². The van der Waals surface area contributed by atoms with Gasteiger partial charge >= 0.3 is 0 Å². The Hall–Kier alpha value is -0.850. The Labute approximate surface area is 122 Å². The van der Waals surface area contributed by atoms with Gasteiger partial charge in [-0.3, -0.25) is 9.36 Å². The molecule has 0 bridgehead atoms. The maximum Gasteiger partial charge on any atom is 0.0831 e. The normalized spacial score (nSPS) is 11.2. The van der Waals surface area contributed by atoms with Gasteiger partial charge in [0.1, 0.15) is 0 Å². The molecule has 5 heteroatoms. The summed E-state index contributed by atoms with van der Waals surface area (Å²) in [5.41, 5.74) is 4.78. The van der Waals surface area contributed by atoms with Crippen molar-refractivity contribution in [2.75, 3.05) is 0 Å². The molecule has 0 aliphatic heterocycles. The Bertz CT molecular complexity index is 554. The smallest absolute Gasteiger partial charge is 0.0831 e. The lowest BCUT2D eigenvalue weighted by Gasteiger charge is -2.06. The van der Waals surface area contributed by atoms with Crippen molar-refractivity contribution < 1.29 is 0 Å². The first-order chi connectivity index (χ1) is 8.56. The Morgan fingerprint density at radius 1 is 1.22 bits per heavy atom. The number of nitrogens with zero attached hydrogens (tertiary/aromatic N) is 4. The van der Waals surface area contributed by atoms with Crippen molar-refractivity contribution in [3.63, 3.8) is 0 Å². The summed E-state index contributed by atoms with van der Waals surface area (Å²) in [6, 6.07) is 2.12. The van der Waals surface area contributed by atoms with E-state index in [-0.39, 0.29) is 0 Å². The standard InChI is InChI=1S/C13H19IN4/c1-5-11-13(14)12(6-2)18(16-11)8-10-7-9(3)15-17(10)4/h7H,5-6,8H2,1-4H3. The molecule has 0 atom stereocenters. The molecule has 2 heterocycles. The maximum absolute atomic E-state index is 4.71. The van der Waals surface area contributed by atoms with Crippen LogP contribution in [0.4, 0.5) is 0 Å². The number of halogens is 1. The molecular weight excluding hydrogens is 339 g/mol. The zero-order chi connectivity index (χ0) is 13.3. The lowest BCUT2D eigenvalue weighted by atomic mass is 10.2. The Kier molecular flexibility index (Phi) is 4.09. The third-order valence-corrected chi connectivity index (χ3v) is 4.39. The molecule has 0 unspecified atom stereocenters. The molecule has 0 spiro atoms. The fourth-order valence-corrected chi connectivity index (χ4v) is 3.34. The summed E-state index contributed by atoms with van der Waals surface area (Å²) in [6.07, 6.45) is 2.00. The quantitative estimate of drug-likeness (QED) is 0.788. The molecule has 4 nitrogen and oxygen atoms in total. The van der Waals surface area contributed by atoms with E-state index in [2.05, 4.69) is 52.3 Å². The second-order valence-electron chi connectivity index (χ2n) is 4.47. The predicted molar refractivity (Wildman–Crippen MR) is 80.7 cm³/mol. The SMILES string of the molecule is CCc1nn(Cc2cc(C)nn2C)c(CC)c1I. The third kappa shape index (κ3) is 2.46. The molecular formula is C13H19IN4. The van der Waals surface area contributed by atoms with Crippen LogP contribution in [0.2, 0.25) is 0 Å². The molecule has 0 aliphatic carbocycles. The van der Waals surface area contributed by atoms with Gasteiger partial charge in [0.2, 0.25) is 0 Å². The van der Waals surface area contributed by atoms with Crippen molar-refractivity contribution in [3.8, 4) is 0 Å². The zero-order valence-corrected chi connectivity index (χ0v) is 13.5. The molecule has 0 aromatic carbocycles. The molecule has 0 radical (unpaired) electrons. The van der Waals surface area contributed by atoms with Gasteiger partial charge in [-0.1, -0.05) is 13.8 Å². The van der Waals surface area contributed by atoms with E-state index in [1.54, 1.807) is 0 Å². The third-order valence-electron chi connectivity index (χ3n) is 3.14. The molecule has 0 aliphatic rings. The van der Waals surface area contributed by atoms with Crippen LogP contribution in [0.3, 0.4) is 0 Å². The van der Waals surface area contributed by atoms with E-state index < -0.39 is 0 Å². The molecule has 0 saturated heterocycles. The highest BCUT2D eigenvalue weighted by atomic mass is 127. The minimum atomic E-state index is 0.802. The molecule has 2 aromatic rings. The van der Waals surface area contributed by atoms with Crippen molar-refractivity contribution in [3.05, 3.63) is 32.4 Å². The monoisotopic (exact) mass is 358 g/mol. The molecule has 0 fully saturated rings. The minimum absolute atomic E-state index is 0.802. The van der Waals surface area contributed by atoms with Gasteiger partial charge in [0, 0.05) is 7.05 Å². The van der Waals surface area contributed by atoms with Gasteiger partial charge in [-0.2, -0.15) is 10.2 Å². The maximum atomic E-state index is 4.71. The number of hydrogen-bond donors (Lipinski definition) is 0. The summed E-state index contributed by atoms with van der Waals surface area (Å²) < 4.78 is 5.38.